The molecule has 5 heteroatoms. The Kier molecular flexibility index (Phi) is 5.27. The lowest BCUT2D eigenvalue weighted by Crippen LogP contribution is -2.30. The highest BCUT2D eigenvalue weighted by Crippen LogP contribution is 2.24. The summed E-state index contributed by atoms with van der Waals surface area (Å²) in [6.45, 7) is 3.40. The number of halogens is 2. The Hall–Kier alpha value is -0.320. The highest BCUT2D eigenvalue weighted by Gasteiger charge is 2.16. The molecule has 0 amide bonds. The van der Waals surface area contributed by atoms with Crippen LogP contribution < -0.4 is 5.32 Å². The molecular formula is C13H19BrClN3. The number of nitrogens with one attached hydrogen (secondary N) is 1. The van der Waals surface area contributed by atoms with Gasteiger partial charge in [-0.3, -0.25) is 0 Å². The van der Waals surface area contributed by atoms with Gasteiger partial charge < -0.3 is 10.2 Å². The predicted octanol–water partition coefficient (Wildman–Crippen LogP) is 3.64. The minimum absolute atomic E-state index is 0.674. The smallest absolute Gasteiger partial charge is 0.144 e. The number of anilines is 1. The van der Waals surface area contributed by atoms with Crippen molar-refractivity contribution in [2.45, 2.75) is 19.3 Å². The number of likely N-dealkylation sites (tertiary alicyclic amines) is 1. The molecule has 0 radical (unpaired) electrons. The molecule has 1 aromatic rings. The van der Waals surface area contributed by atoms with Gasteiger partial charge in [0, 0.05) is 17.2 Å². The maximum Gasteiger partial charge on any atom is 0.144 e. The number of hydrogen-bond acceptors (Lipinski definition) is 3. The van der Waals surface area contributed by atoms with Crippen LogP contribution in [0.5, 0.6) is 0 Å². The second-order valence-electron chi connectivity index (χ2n) is 4.95. The Morgan fingerprint density at radius 3 is 2.89 bits per heavy atom. The molecule has 2 heterocycles. The van der Waals surface area contributed by atoms with E-state index >= 15 is 0 Å². The van der Waals surface area contributed by atoms with Crippen LogP contribution in [0.25, 0.3) is 0 Å². The SMILES string of the molecule is CN1CCC(CCNc2ncc(Br)cc2Cl)CC1. The molecule has 1 aliphatic rings. The molecule has 1 N–H and O–H groups in total. The highest BCUT2D eigenvalue weighted by molar-refractivity contribution is 9.10. The van der Waals surface area contributed by atoms with Gasteiger partial charge in [0.1, 0.15) is 5.82 Å². The second kappa shape index (κ2) is 6.73. The normalized spacial score (nSPS) is 17.9. The van der Waals surface area contributed by atoms with E-state index in [1.807, 2.05) is 6.07 Å². The lowest BCUT2D eigenvalue weighted by molar-refractivity contribution is 0.215. The first-order valence-corrected chi connectivity index (χ1v) is 7.55. The summed E-state index contributed by atoms with van der Waals surface area (Å²) in [5, 5.41) is 4.00. The summed E-state index contributed by atoms with van der Waals surface area (Å²) in [5.74, 6) is 1.62. The van der Waals surface area contributed by atoms with Crippen LogP contribution in [0.3, 0.4) is 0 Å². The van der Waals surface area contributed by atoms with Crippen LogP contribution in [-0.4, -0.2) is 36.6 Å². The fourth-order valence-corrected chi connectivity index (χ4v) is 2.99. The van der Waals surface area contributed by atoms with Gasteiger partial charge in [0.15, 0.2) is 0 Å². The van der Waals surface area contributed by atoms with Crippen molar-refractivity contribution in [2.75, 3.05) is 32.0 Å². The van der Waals surface area contributed by atoms with Crippen molar-refractivity contribution in [2.24, 2.45) is 5.92 Å². The Morgan fingerprint density at radius 2 is 2.22 bits per heavy atom. The van der Waals surface area contributed by atoms with Crippen molar-refractivity contribution in [1.82, 2.24) is 9.88 Å². The highest BCUT2D eigenvalue weighted by atomic mass is 79.9. The first kappa shape index (κ1) is 14.1. The van der Waals surface area contributed by atoms with E-state index in [1.165, 1.54) is 32.4 Å². The quantitative estimate of drug-likeness (QED) is 0.912. The molecule has 1 aliphatic heterocycles. The Morgan fingerprint density at radius 1 is 1.50 bits per heavy atom. The molecule has 0 saturated carbocycles. The van der Waals surface area contributed by atoms with Gasteiger partial charge in [-0.25, -0.2) is 4.98 Å². The molecular weight excluding hydrogens is 314 g/mol. The van der Waals surface area contributed by atoms with E-state index in [1.54, 1.807) is 6.20 Å². The molecule has 0 aliphatic carbocycles. The first-order chi connectivity index (χ1) is 8.65. The number of rotatable bonds is 4. The van der Waals surface area contributed by atoms with Gasteiger partial charge in [-0.15, -0.1) is 0 Å². The topological polar surface area (TPSA) is 28.2 Å². The third-order valence-corrected chi connectivity index (χ3v) is 4.21. The van der Waals surface area contributed by atoms with E-state index < -0.39 is 0 Å². The molecule has 0 unspecified atom stereocenters. The van der Waals surface area contributed by atoms with E-state index in [9.17, 15) is 0 Å². The number of piperidine rings is 1. The van der Waals surface area contributed by atoms with E-state index in [2.05, 4.69) is 38.2 Å². The van der Waals surface area contributed by atoms with Crippen LogP contribution in [0.2, 0.25) is 5.02 Å². The van der Waals surface area contributed by atoms with Gasteiger partial charge >= 0.3 is 0 Å². The molecule has 0 bridgehead atoms. The molecule has 100 valence electrons. The lowest BCUT2D eigenvalue weighted by Gasteiger charge is -2.28. The zero-order valence-electron chi connectivity index (χ0n) is 10.6. The summed E-state index contributed by atoms with van der Waals surface area (Å²) in [6, 6.07) is 1.87. The second-order valence-corrected chi connectivity index (χ2v) is 6.27. The van der Waals surface area contributed by atoms with E-state index in [-0.39, 0.29) is 0 Å². The maximum atomic E-state index is 6.11. The number of aromatic nitrogens is 1. The summed E-state index contributed by atoms with van der Waals surface area (Å²) in [4.78, 5) is 6.67. The maximum absolute atomic E-state index is 6.11. The van der Waals surface area contributed by atoms with Crippen LogP contribution in [-0.2, 0) is 0 Å². The van der Waals surface area contributed by atoms with Crippen LogP contribution in [0.1, 0.15) is 19.3 Å². The summed E-state index contributed by atoms with van der Waals surface area (Å²) in [5.41, 5.74) is 0. The molecule has 1 saturated heterocycles. The minimum Gasteiger partial charge on any atom is -0.369 e. The summed E-state index contributed by atoms with van der Waals surface area (Å²) in [6.07, 6.45) is 5.57. The van der Waals surface area contributed by atoms with Crippen molar-refractivity contribution < 1.29 is 0 Å². The molecule has 18 heavy (non-hydrogen) atoms. The lowest BCUT2D eigenvalue weighted by atomic mass is 9.94. The third kappa shape index (κ3) is 4.11. The Labute approximate surface area is 122 Å². The van der Waals surface area contributed by atoms with Crippen molar-refractivity contribution in [1.29, 1.82) is 0 Å². The fraction of sp³-hybridized carbons (Fsp3) is 0.615. The van der Waals surface area contributed by atoms with Gasteiger partial charge in [-0.2, -0.15) is 0 Å². The number of pyridine rings is 1. The van der Waals surface area contributed by atoms with Crippen molar-refractivity contribution in [3.63, 3.8) is 0 Å². The third-order valence-electron chi connectivity index (χ3n) is 3.49. The molecule has 1 aromatic heterocycles. The van der Waals surface area contributed by atoms with Crippen LogP contribution in [0.4, 0.5) is 5.82 Å². The standard InChI is InChI=1S/C13H19BrClN3/c1-18-6-3-10(4-7-18)2-5-16-13-12(15)8-11(14)9-17-13/h8-10H,2-7H2,1H3,(H,16,17). The zero-order valence-corrected chi connectivity index (χ0v) is 13.0. The average molecular weight is 333 g/mol. The number of hydrogen-bond donors (Lipinski definition) is 1. The largest absolute Gasteiger partial charge is 0.369 e. The summed E-state index contributed by atoms with van der Waals surface area (Å²) >= 11 is 9.46. The molecule has 1 fully saturated rings. The van der Waals surface area contributed by atoms with Crippen LogP contribution in [0.15, 0.2) is 16.7 Å². The molecule has 2 rings (SSSR count). The molecule has 0 spiro atoms. The van der Waals surface area contributed by atoms with Crippen molar-refractivity contribution in [3.8, 4) is 0 Å². The Bertz CT molecular complexity index is 392. The van der Waals surface area contributed by atoms with Gasteiger partial charge in [0.25, 0.3) is 0 Å². The van der Waals surface area contributed by atoms with Crippen LogP contribution >= 0.6 is 27.5 Å². The molecule has 0 aromatic carbocycles. The Balaban J connectivity index is 1.75. The predicted molar refractivity (Wildman–Crippen MR) is 80.3 cm³/mol. The number of nitrogens with zero attached hydrogens (tertiary/aromatic N) is 2. The van der Waals surface area contributed by atoms with Gasteiger partial charge in [0.2, 0.25) is 0 Å². The van der Waals surface area contributed by atoms with Crippen molar-refractivity contribution in [3.05, 3.63) is 21.8 Å². The monoisotopic (exact) mass is 331 g/mol. The van der Waals surface area contributed by atoms with E-state index in [0.717, 1.165) is 22.8 Å². The first-order valence-electron chi connectivity index (χ1n) is 6.38. The molecule has 3 nitrogen and oxygen atoms in total. The van der Waals surface area contributed by atoms with Gasteiger partial charge in [-0.05, 0) is 67.3 Å². The van der Waals surface area contributed by atoms with E-state index in [4.69, 9.17) is 11.6 Å². The van der Waals surface area contributed by atoms with E-state index in [0.29, 0.717) is 5.02 Å². The zero-order chi connectivity index (χ0) is 13.0. The van der Waals surface area contributed by atoms with Gasteiger partial charge in [0.05, 0.1) is 5.02 Å². The fourth-order valence-electron chi connectivity index (χ4n) is 2.29. The van der Waals surface area contributed by atoms with Crippen LogP contribution in [0, 0.1) is 5.92 Å². The summed E-state index contributed by atoms with van der Waals surface area (Å²) in [7, 11) is 2.19. The minimum atomic E-state index is 0.674. The molecule has 0 atom stereocenters. The average Bonchev–Trinajstić information content (AvgIpc) is 2.34. The van der Waals surface area contributed by atoms with Crippen molar-refractivity contribution >= 4 is 33.3 Å². The summed E-state index contributed by atoms with van der Waals surface area (Å²) < 4.78 is 0.911. The van der Waals surface area contributed by atoms with Gasteiger partial charge in [-0.1, -0.05) is 11.6 Å².